The standard InChI is InChI=1S/C29H28N2O5S/c1-35-24-16-18-25(19-17-24)36-21-20-30-29(32)27-14-8-9-15-28(27)31(22-23-10-4-2-5-11-23)37(33,34)26-12-6-3-7-13-26/h2-19H,20-22H2,1H3,(H,30,32). The van der Waals surface area contributed by atoms with Gasteiger partial charge in [0.1, 0.15) is 18.1 Å². The zero-order valence-corrected chi connectivity index (χ0v) is 21.2. The number of anilines is 1. The lowest BCUT2D eigenvalue weighted by Gasteiger charge is -2.26. The second-order valence-electron chi connectivity index (χ2n) is 8.11. The summed E-state index contributed by atoms with van der Waals surface area (Å²) < 4.78 is 39.6. The van der Waals surface area contributed by atoms with Gasteiger partial charge in [0.05, 0.1) is 36.3 Å². The van der Waals surface area contributed by atoms with Crippen LogP contribution in [0.25, 0.3) is 0 Å². The number of carbonyl (C=O) groups is 1. The van der Waals surface area contributed by atoms with E-state index in [2.05, 4.69) is 5.32 Å². The number of methoxy groups -OCH3 is 1. The van der Waals surface area contributed by atoms with Gasteiger partial charge < -0.3 is 14.8 Å². The minimum absolute atomic E-state index is 0.0724. The zero-order chi connectivity index (χ0) is 26.1. The first kappa shape index (κ1) is 25.8. The maximum absolute atomic E-state index is 13.7. The van der Waals surface area contributed by atoms with E-state index >= 15 is 0 Å². The summed E-state index contributed by atoms with van der Waals surface area (Å²) in [5, 5.41) is 2.83. The van der Waals surface area contributed by atoms with Crippen molar-refractivity contribution in [3.63, 3.8) is 0 Å². The van der Waals surface area contributed by atoms with Crippen molar-refractivity contribution in [1.29, 1.82) is 0 Å². The van der Waals surface area contributed by atoms with Crippen molar-refractivity contribution in [2.24, 2.45) is 0 Å². The van der Waals surface area contributed by atoms with E-state index in [1.807, 2.05) is 30.3 Å². The summed E-state index contributed by atoms with van der Waals surface area (Å²) in [4.78, 5) is 13.3. The second kappa shape index (κ2) is 12.1. The van der Waals surface area contributed by atoms with Crippen LogP contribution in [0.5, 0.6) is 11.5 Å². The Balaban J connectivity index is 1.55. The van der Waals surface area contributed by atoms with E-state index in [4.69, 9.17) is 9.47 Å². The van der Waals surface area contributed by atoms with Crippen LogP contribution in [-0.4, -0.2) is 34.6 Å². The quantitative estimate of drug-likeness (QED) is 0.287. The van der Waals surface area contributed by atoms with Gasteiger partial charge in [-0.15, -0.1) is 0 Å². The molecule has 8 heteroatoms. The third-order valence-corrected chi connectivity index (χ3v) is 7.41. The number of para-hydroxylation sites is 1. The number of amides is 1. The van der Waals surface area contributed by atoms with Crippen LogP contribution in [0.15, 0.2) is 114 Å². The number of rotatable bonds is 11. The van der Waals surface area contributed by atoms with Crippen LogP contribution in [0.3, 0.4) is 0 Å². The van der Waals surface area contributed by atoms with Gasteiger partial charge in [-0.25, -0.2) is 8.42 Å². The van der Waals surface area contributed by atoms with E-state index in [9.17, 15) is 13.2 Å². The van der Waals surface area contributed by atoms with Crippen LogP contribution >= 0.6 is 0 Å². The third kappa shape index (κ3) is 6.48. The molecule has 7 nitrogen and oxygen atoms in total. The molecule has 37 heavy (non-hydrogen) atoms. The zero-order valence-electron chi connectivity index (χ0n) is 20.4. The molecule has 0 fully saturated rings. The summed E-state index contributed by atoms with van der Waals surface area (Å²) in [5.41, 5.74) is 1.34. The molecule has 0 aliphatic rings. The van der Waals surface area contributed by atoms with Crippen LogP contribution in [0.2, 0.25) is 0 Å². The molecular formula is C29H28N2O5S. The van der Waals surface area contributed by atoms with Gasteiger partial charge >= 0.3 is 0 Å². The third-order valence-electron chi connectivity index (χ3n) is 5.63. The highest BCUT2D eigenvalue weighted by Gasteiger charge is 2.28. The largest absolute Gasteiger partial charge is 0.497 e. The molecule has 0 saturated carbocycles. The molecule has 0 aromatic heterocycles. The van der Waals surface area contributed by atoms with Crippen LogP contribution < -0.4 is 19.1 Å². The smallest absolute Gasteiger partial charge is 0.264 e. The predicted molar refractivity (Wildman–Crippen MR) is 144 cm³/mol. The van der Waals surface area contributed by atoms with E-state index in [0.29, 0.717) is 11.4 Å². The van der Waals surface area contributed by atoms with Crippen LogP contribution in [-0.2, 0) is 16.6 Å². The number of ether oxygens (including phenoxy) is 2. The lowest BCUT2D eigenvalue weighted by Crippen LogP contribution is -2.34. The molecule has 0 radical (unpaired) electrons. The van der Waals surface area contributed by atoms with Gasteiger partial charge in [0, 0.05) is 0 Å². The Labute approximate surface area is 217 Å². The fourth-order valence-electron chi connectivity index (χ4n) is 3.75. The predicted octanol–water partition coefficient (Wildman–Crippen LogP) is 4.90. The maximum atomic E-state index is 13.7. The molecule has 0 aliphatic carbocycles. The number of carbonyl (C=O) groups excluding carboxylic acids is 1. The number of nitrogens with one attached hydrogen (secondary N) is 1. The summed E-state index contributed by atoms with van der Waals surface area (Å²) in [6.07, 6.45) is 0. The SMILES string of the molecule is COc1ccc(OCCNC(=O)c2ccccc2N(Cc2ccccc2)S(=O)(=O)c2ccccc2)cc1. The fraction of sp³-hybridized carbons (Fsp3) is 0.138. The first-order valence-corrected chi connectivity index (χ1v) is 13.2. The van der Waals surface area contributed by atoms with Crippen molar-refractivity contribution >= 4 is 21.6 Å². The molecule has 4 aromatic carbocycles. The second-order valence-corrected chi connectivity index (χ2v) is 9.97. The topological polar surface area (TPSA) is 84.9 Å². The van der Waals surface area contributed by atoms with Gasteiger partial charge in [-0.05, 0) is 54.1 Å². The number of nitrogens with zero attached hydrogens (tertiary/aromatic N) is 1. The molecule has 0 aliphatic heterocycles. The van der Waals surface area contributed by atoms with E-state index in [-0.39, 0.29) is 30.2 Å². The molecule has 0 atom stereocenters. The van der Waals surface area contributed by atoms with Crippen molar-refractivity contribution in [2.75, 3.05) is 24.6 Å². The summed E-state index contributed by atoms with van der Waals surface area (Å²) in [6, 6.07) is 31.3. The Kier molecular flexibility index (Phi) is 8.43. The summed E-state index contributed by atoms with van der Waals surface area (Å²) >= 11 is 0. The average molecular weight is 517 g/mol. The summed E-state index contributed by atoms with van der Waals surface area (Å²) in [5.74, 6) is 0.983. The molecule has 0 spiro atoms. The molecule has 1 amide bonds. The van der Waals surface area contributed by atoms with Gasteiger partial charge in [-0.2, -0.15) is 0 Å². The average Bonchev–Trinajstić information content (AvgIpc) is 2.95. The van der Waals surface area contributed by atoms with E-state index in [0.717, 1.165) is 11.3 Å². The molecule has 4 aromatic rings. The number of hydrogen-bond acceptors (Lipinski definition) is 5. The van der Waals surface area contributed by atoms with Gasteiger partial charge in [0.15, 0.2) is 0 Å². The first-order valence-electron chi connectivity index (χ1n) is 11.7. The molecule has 190 valence electrons. The highest BCUT2D eigenvalue weighted by molar-refractivity contribution is 7.92. The molecule has 0 saturated heterocycles. The first-order chi connectivity index (χ1) is 18.0. The Morgan fingerprint density at radius 1 is 0.784 bits per heavy atom. The van der Waals surface area contributed by atoms with E-state index < -0.39 is 15.9 Å². The van der Waals surface area contributed by atoms with Gasteiger partial charge in [-0.3, -0.25) is 9.10 Å². The van der Waals surface area contributed by atoms with Gasteiger partial charge in [-0.1, -0.05) is 60.7 Å². The Morgan fingerprint density at radius 3 is 2.05 bits per heavy atom. The number of sulfonamides is 1. The lowest BCUT2D eigenvalue weighted by molar-refractivity contribution is 0.0947. The van der Waals surface area contributed by atoms with E-state index in [1.54, 1.807) is 86.0 Å². The van der Waals surface area contributed by atoms with Crippen LogP contribution in [0.4, 0.5) is 5.69 Å². The fourth-order valence-corrected chi connectivity index (χ4v) is 5.25. The molecule has 0 bridgehead atoms. The normalized spacial score (nSPS) is 10.9. The molecular weight excluding hydrogens is 488 g/mol. The Morgan fingerprint density at radius 2 is 1.38 bits per heavy atom. The molecule has 4 rings (SSSR count). The molecule has 1 N–H and O–H groups in total. The van der Waals surface area contributed by atoms with Crippen molar-refractivity contribution in [3.8, 4) is 11.5 Å². The highest BCUT2D eigenvalue weighted by atomic mass is 32.2. The number of hydrogen-bond donors (Lipinski definition) is 1. The lowest BCUT2D eigenvalue weighted by atomic mass is 10.1. The monoisotopic (exact) mass is 516 g/mol. The van der Waals surface area contributed by atoms with Crippen molar-refractivity contribution < 1.29 is 22.7 Å². The molecule has 0 heterocycles. The maximum Gasteiger partial charge on any atom is 0.264 e. The van der Waals surface area contributed by atoms with Gasteiger partial charge in [0.25, 0.3) is 15.9 Å². The highest BCUT2D eigenvalue weighted by Crippen LogP contribution is 2.29. The molecule has 0 unspecified atom stereocenters. The van der Waals surface area contributed by atoms with Crippen molar-refractivity contribution in [1.82, 2.24) is 5.32 Å². The summed E-state index contributed by atoms with van der Waals surface area (Å²) in [6.45, 7) is 0.558. The minimum atomic E-state index is -3.96. The van der Waals surface area contributed by atoms with Crippen LogP contribution in [0, 0.1) is 0 Å². The Bertz CT molecular complexity index is 1410. The number of benzene rings is 4. The Hall–Kier alpha value is -4.30. The minimum Gasteiger partial charge on any atom is -0.497 e. The summed E-state index contributed by atoms with van der Waals surface area (Å²) in [7, 11) is -2.36. The van der Waals surface area contributed by atoms with Crippen molar-refractivity contribution in [3.05, 3.63) is 120 Å². The van der Waals surface area contributed by atoms with Gasteiger partial charge in [0.2, 0.25) is 0 Å². The van der Waals surface area contributed by atoms with Crippen molar-refractivity contribution in [2.45, 2.75) is 11.4 Å². The van der Waals surface area contributed by atoms with Crippen LogP contribution in [0.1, 0.15) is 15.9 Å². The van der Waals surface area contributed by atoms with E-state index in [1.165, 1.54) is 4.31 Å².